The predicted molar refractivity (Wildman–Crippen MR) is 86.8 cm³/mol. The molecule has 0 aromatic heterocycles. The molecule has 0 aromatic rings. The molecule has 0 saturated heterocycles. The minimum atomic E-state index is -0.957. The van der Waals surface area contributed by atoms with Gasteiger partial charge in [0.15, 0.2) is 0 Å². The molecule has 3 N–H and O–H groups in total. The van der Waals surface area contributed by atoms with Crippen LogP contribution in [0.5, 0.6) is 0 Å². The molecule has 0 aliphatic heterocycles. The highest BCUT2D eigenvalue weighted by molar-refractivity contribution is 5.89. The van der Waals surface area contributed by atoms with Crippen molar-refractivity contribution in [2.45, 2.75) is 52.7 Å². The van der Waals surface area contributed by atoms with Crippen LogP contribution in [0.1, 0.15) is 41.0 Å². The van der Waals surface area contributed by atoms with Gasteiger partial charge in [0.2, 0.25) is 5.91 Å². The number of nitrogens with one attached hydrogen (secondary N) is 1. The second-order valence-electron chi connectivity index (χ2n) is 6.20. The van der Waals surface area contributed by atoms with Crippen LogP contribution >= 0.6 is 12.4 Å². The van der Waals surface area contributed by atoms with Crippen LogP contribution in [-0.2, 0) is 19.1 Å². The monoisotopic (exact) mass is 336 g/mol. The molecule has 22 heavy (non-hydrogen) atoms. The van der Waals surface area contributed by atoms with Crippen molar-refractivity contribution in [1.82, 2.24) is 5.32 Å². The van der Waals surface area contributed by atoms with Crippen LogP contribution in [0.4, 0.5) is 0 Å². The average molecular weight is 337 g/mol. The minimum absolute atomic E-state index is 0. The summed E-state index contributed by atoms with van der Waals surface area (Å²) in [4.78, 5) is 23.9. The fraction of sp³-hybridized carbons (Fsp3) is 0.867. The molecule has 0 radical (unpaired) electrons. The Labute approximate surface area is 138 Å². The molecule has 1 fully saturated rings. The SMILES string of the molecule is CCOC(=O)C(C)CNC(=O)C1(N)CC(OCC)C1(C)C.Cl. The molecule has 0 spiro atoms. The molecule has 1 rings (SSSR count). The lowest BCUT2D eigenvalue weighted by atomic mass is 9.54. The number of nitrogens with two attached hydrogens (primary N) is 1. The van der Waals surface area contributed by atoms with Gasteiger partial charge in [-0.2, -0.15) is 0 Å². The first-order valence-electron chi connectivity index (χ1n) is 7.56. The third-order valence-electron chi connectivity index (χ3n) is 4.49. The van der Waals surface area contributed by atoms with Crippen LogP contribution in [0.3, 0.4) is 0 Å². The number of ether oxygens (including phenoxy) is 2. The van der Waals surface area contributed by atoms with E-state index < -0.39 is 11.0 Å². The number of hydrogen-bond donors (Lipinski definition) is 2. The zero-order valence-electron chi connectivity index (χ0n) is 14.1. The Bertz CT molecular complexity index is 403. The summed E-state index contributed by atoms with van der Waals surface area (Å²) >= 11 is 0. The number of carbonyl (C=O) groups is 2. The van der Waals surface area contributed by atoms with Crippen molar-refractivity contribution in [3.05, 3.63) is 0 Å². The number of amides is 1. The first kappa shape index (κ1) is 21.1. The van der Waals surface area contributed by atoms with Gasteiger partial charge in [0.25, 0.3) is 0 Å². The van der Waals surface area contributed by atoms with E-state index in [0.29, 0.717) is 19.6 Å². The van der Waals surface area contributed by atoms with Crippen molar-refractivity contribution in [2.75, 3.05) is 19.8 Å². The average Bonchev–Trinajstić information content (AvgIpc) is 2.43. The molecule has 1 aliphatic carbocycles. The molecular formula is C15H29ClN2O4. The van der Waals surface area contributed by atoms with E-state index in [9.17, 15) is 9.59 Å². The Morgan fingerprint density at radius 2 is 1.91 bits per heavy atom. The molecule has 1 saturated carbocycles. The van der Waals surface area contributed by atoms with Gasteiger partial charge in [-0.3, -0.25) is 9.59 Å². The maximum atomic E-state index is 12.4. The van der Waals surface area contributed by atoms with E-state index in [1.165, 1.54) is 0 Å². The van der Waals surface area contributed by atoms with E-state index in [1.807, 2.05) is 20.8 Å². The predicted octanol–water partition coefficient (Wildman–Crippen LogP) is 1.26. The fourth-order valence-corrected chi connectivity index (χ4v) is 2.59. The van der Waals surface area contributed by atoms with Crippen molar-refractivity contribution in [3.63, 3.8) is 0 Å². The maximum Gasteiger partial charge on any atom is 0.310 e. The summed E-state index contributed by atoms with van der Waals surface area (Å²) in [5.74, 6) is -0.938. The second-order valence-corrected chi connectivity index (χ2v) is 6.20. The Morgan fingerprint density at radius 3 is 2.36 bits per heavy atom. The molecule has 0 bridgehead atoms. The zero-order chi connectivity index (χ0) is 16.3. The maximum absolute atomic E-state index is 12.4. The van der Waals surface area contributed by atoms with Crippen molar-refractivity contribution in [2.24, 2.45) is 17.1 Å². The van der Waals surface area contributed by atoms with Crippen LogP contribution in [0.2, 0.25) is 0 Å². The lowest BCUT2D eigenvalue weighted by Crippen LogP contribution is -2.75. The number of hydrogen-bond acceptors (Lipinski definition) is 5. The summed E-state index contributed by atoms with van der Waals surface area (Å²) < 4.78 is 10.5. The summed E-state index contributed by atoms with van der Waals surface area (Å²) in [6.45, 7) is 10.4. The Hall–Kier alpha value is -0.850. The Morgan fingerprint density at radius 1 is 1.32 bits per heavy atom. The zero-order valence-corrected chi connectivity index (χ0v) is 14.9. The second kappa shape index (κ2) is 8.13. The van der Waals surface area contributed by atoms with Crippen molar-refractivity contribution in [3.8, 4) is 0 Å². The van der Waals surface area contributed by atoms with E-state index in [1.54, 1.807) is 13.8 Å². The van der Waals surface area contributed by atoms with Crippen LogP contribution in [-0.4, -0.2) is 43.3 Å². The molecule has 0 heterocycles. The van der Waals surface area contributed by atoms with Crippen molar-refractivity contribution >= 4 is 24.3 Å². The summed E-state index contributed by atoms with van der Waals surface area (Å²) in [6, 6.07) is 0. The van der Waals surface area contributed by atoms with E-state index in [2.05, 4.69) is 5.32 Å². The number of esters is 1. The molecule has 3 atom stereocenters. The Kier molecular flexibility index (Phi) is 7.81. The molecular weight excluding hydrogens is 308 g/mol. The van der Waals surface area contributed by atoms with Gasteiger partial charge in [-0.1, -0.05) is 20.8 Å². The van der Waals surface area contributed by atoms with Gasteiger partial charge in [0, 0.05) is 25.0 Å². The number of rotatable bonds is 7. The standard InChI is InChI=1S/C15H28N2O4.ClH/c1-6-20-11-8-15(16,14(11,4)5)13(19)17-9-10(3)12(18)21-7-2;/h10-11H,6-9,16H2,1-5H3,(H,17,19);1H. The Balaban J connectivity index is 0.00000441. The number of carbonyl (C=O) groups excluding carboxylic acids is 2. The van der Waals surface area contributed by atoms with Gasteiger partial charge in [-0.05, 0) is 13.8 Å². The van der Waals surface area contributed by atoms with E-state index >= 15 is 0 Å². The highest BCUT2D eigenvalue weighted by Crippen LogP contribution is 2.49. The van der Waals surface area contributed by atoms with E-state index in [0.717, 1.165) is 0 Å². The van der Waals surface area contributed by atoms with Gasteiger partial charge in [0.05, 0.1) is 18.6 Å². The normalized spacial score (nSPS) is 27.1. The molecule has 1 aliphatic rings. The quantitative estimate of drug-likeness (QED) is 0.683. The van der Waals surface area contributed by atoms with Crippen LogP contribution in [0.15, 0.2) is 0 Å². The van der Waals surface area contributed by atoms with Gasteiger partial charge >= 0.3 is 5.97 Å². The lowest BCUT2D eigenvalue weighted by molar-refractivity contribution is -0.170. The van der Waals surface area contributed by atoms with E-state index in [-0.39, 0.29) is 42.9 Å². The summed E-state index contributed by atoms with van der Waals surface area (Å²) in [5.41, 5.74) is 4.87. The minimum Gasteiger partial charge on any atom is -0.466 e. The molecule has 130 valence electrons. The third-order valence-corrected chi connectivity index (χ3v) is 4.49. The fourth-order valence-electron chi connectivity index (χ4n) is 2.59. The molecule has 3 unspecified atom stereocenters. The molecule has 0 aromatic carbocycles. The lowest BCUT2D eigenvalue weighted by Gasteiger charge is -2.57. The molecule has 1 amide bonds. The van der Waals surface area contributed by atoms with Crippen LogP contribution < -0.4 is 11.1 Å². The van der Waals surface area contributed by atoms with Gasteiger partial charge in [-0.15, -0.1) is 12.4 Å². The first-order valence-corrected chi connectivity index (χ1v) is 7.56. The third kappa shape index (κ3) is 3.91. The van der Waals surface area contributed by atoms with Gasteiger partial charge in [-0.25, -0.2) is 0 Å². The van der Waals surface area contributed by atoms with Crippen molar-refractivity contribution < 1.29 is 19.1 Å². The van der Waals surface area contributed by atoms with Crippen LogP contribution in [0.25, 0.3) is 0 Å². The van der Waals surface area contributed by atoms with Crippen molar-refractivity contribution in [1.29, 1.82) is 0 Å². The van der Waals surface area contributed by atoms with E-state index in [4.69, 9.17) is 15.2 Å². The van der Waals surface area contributed by atoms with Gasteiger partial charge in [0.1, 0.15) is 5.54 Å². The summed E-state index contributed by atoms with van der Waals surface area (Å²) in [5, 5.41) is 2.76. The highest BCUT2D eigenvalue weighted by atomic mass is 35.5. The summed E-state index contributed by atoms with van der Waals surface area (Å²) in [7, 11) is 0. The molecule has 7 heteroatoms. The highest BCUT2D eigenvalue weighted by Gasteiger charge is 2.62. The topological polar surface area (TPSA) is 90.7 Å². The van der Waals surface area contributed by atoms with Crippen LogP contribution in [0, 0.1) is 11.3 Å². The van der Waals surface area contributed by atoms with Gasteiger partial charge < -0.3 is 20.5 Å². The summed E-state index contributed by atoms with van der Waals surface area (Å²) in [6.07, 6.45) is 0.480. The number of halogens is 1. The smallest absolute Gasteiger partial charge is 0.310 e. The largest absolute Gasteiger partial charge is 0.466 e. The molecule has 6 nitrogen and oxygen atoms in total. The first-order chi connectivity index (χ1) is 9.70.